The van der Waals surface area contributed by atoms with Crippen LogP contribution in [-0.4, -0.2) is 28.8 Å². The molecule has 30 heavy (non-hydrogen) atoms. The summed E-state index contributed by atoms with van der Waals surface area (Å²) >= 11 is 0. The Morgan fingerprint density at radius 2 is 1.70 bits per heavy atom. The lowest BCUT2D eigenvalue weighted by molar-refractivity contribution is -0.384. The predicted octanol–water partition coefficient (Wildman–Crippen LogP) is 4.10. The molecule has 0 bridgehead atoms. The zero-order valence-electron chi connectivity index (χ0n) is 16.9. The lowest BCUT2D eigenvalue weighted by Crippen LogP contribution is -2.41. The van der Waals surface area contributed by atoms with E-state index in [4.69, 9.17) is 0 Å². The van der Waals surface area contributed by atoms with Gasteiger partial charge in [0.1, 0.15) is 6.04 Å². The smallest absolute Gasteiger partial charge is 0.270 e. The molecule has 2 amide bonds. The Morgan fingerprint density at radius 3 is 2.37 bits per heavy atom. The maximum Gasteiger partial charge on any atom is 0.270 e. The molecular weight excluding hydrogens is 384 g/mol. The fourth-order valence-corrected chi connectivity index (χ4v) is 3.49. The number of nitrogens with one attached hydrogen (secondary N) is 3. The molecule has 0 radical (unpaired) electrons. The van der Waals surface area contributed by atoms with Crippen molar-refractivity contribution in [2.24, 2.45) is 0 Å². The fraction of sp³-hybridized carbons (Fsp3) is 0.364. The van der Waals surface area contributed by atoms with Gasteiger partial charge >= 0.3 is 0 Å². The topological polar surface area (TPSA) is 113 Å². The van der Waals surface area contributed by atoms with Crippen LogP contribution in [0.3, 0.4) is 0 Å². The van der Waals surface area contributed by atoms with E-state index in [1.165, 1.54) is 56.4 Å². The van der Waals surface area contributed by atoms with E-state index in [1.54, 1.807) is 6.92 Å². The normalized spacial score (nSPS) is 15.1. The molecule has 0 aromatic heterocycles. The van der Waals surface area contributed by atoms with E-state index in [9.17, 15) is 19.7 Å². The molecule has 0 aliphatic heterocycles. The highest BCUT2D eigenvalue weighted by Crippen LogP contribution is 2.22. The first-order chi connectivity index (χ1) is 14.4. The third-order valence-corrected chi connectivity index (χ3v) is 5.19. The van der Waals surface area contributed by atoms with Gasteiger partial charge in [0.05, 0.1) is 4.92 Å². The summed E-state index contributed by atoms with van der Waals surface area (Å²) in [4.78, 5) is 35.0. The Morgan fingerprint density at radius 1 is 1.03 bits per heavy atom. The maximum atomic E-state index is 12.4. The van der Waals surface area contributed by atoms with Gasteiger partial charge in [0.25, 0.3) is 11.6 Å². The molecule has 0 spiro atoms. The first kappa shape index (κ1) is 21.3. The number of nitro benzene ring substituents is 1. The summed E-state index contributed by atoms with van der Waals surface area (Å²) in [5.41, 5.74) is 1.60. The number of nitro groups is 1. The van der Waals surface area contributed by atoms with Gasteiger partial charge in [0.2, 0.25) is 5.91 Å². The third-order valence-electron chi connectivity index (χ3n) is 5.19. The zero-order chi connectivity index (χ0) is 21.5. The quantitative estimate of drug-likeness (QED) is 0.470. The van der Waals surface area contributed by atoms with Gasteiger partial charge in [-0.1, -0.05) is 25.3 Å². The maximum absolute atomic E-state index is 12.4. The molecule has 2 aromatic carbocycles. The number of carbonyl (C=O) groups is 2. The van der Waals surface area contributed by atoms with E-state index in [2.05, 4.69) is 16.0 Å². The minimum absolute atomic E-state index is 0.127. The van der Waals surface area contributed by atoms with Crippen molar-refractivity contribution < 1.29 is 14.5 Å². The number of nitrogens with zero attached hydrogens (tertiary/aromatic N) is 1. The van der Waals surface area contributed by atoms with Crippen LogP contribution in [0, 0.1) is 10.1 Å². The van der Waals surface area contributed by atoms with Crippen molar-refractivity contribution in [2.45, 2.75) is 51.1 Å². The summed E-state index contributed by atoms with van der Waals surface area (Å²) in [7, 11) is 0. The lowest BCUT2D eigenvalue weighted by atomic mass is 9.95. The molecule has 8 heteroatoms. The Balaban J connectivity index is 1.52. The van der Waals surface area contributed by atoms with Crippen LogP contribution in [-0.2, 0) is 4.79 Å². The van der Waals surface area contributed by atoms with Gasteiger partial charge in [-0.15, -0.1) is 0 Å². The second-order valence-corrected chi connectivity index (χ2v) is 7.55. The van der Waals surface area contributed by atoms with Gasteiger partial charge in [-0.25, -0.2) is 0 Å². The van der Waals surface area contributed by atoms with E-state index in [-0.39, 0.29) is 17.2 Å². The molecule has 8 nitrogen and oxygen atoms in total. The van der Waals surface area contributed by atoms with Gasteiger partial charge in [0.15, 0.2) is 0 Å². The predicted molar refractivity (Wildman–Crippen MR) is 116 cm³/mol. The summed E-state index contributed by atoms with van der Waals surface area (Å²) in [5, 5.41) is 19.7. The molecule has 1 unspecified atom stereocenters. The number of hydrogen-bond donors (Lipinski definition) is 3. The highest BCUT2D eigenvalue weighted by Gasteiger charge is 2.18. The zero-order valence-corrected chi connectivity index (χ0v) is 16.9. The van der Waals surface area contributed by atoms with Crippen LogP contribution < -0.4 is 16.0 Å². The lowest BCUT2D eigenvalue weighted by Gasteiger charge is -2.24. The van der Waals surface area contributed by atoms with E-state index in [0.29, 0.717) is 11.7 Å². The molecule has 2 aromatic rings. The number of non-ortho nitro benzene ring substituents is 1. The molecule has 158 valence electrons. The molecule has 1 aliphatic rings. The van der Waals surface area contributed by atoms with Crippen LogP contribution >= 0.6 is 0 Å². The van der Waals surface area contributed by atoms with Gasteiger partial charge in [-0.05, 0) is 50.1 Å². The van der Waals surface area contributed by atoms with Crippen LogP contribution in [0.2, 0.25) is 0 Å². The van der Waals surface area contributed by atoms with E-state index >= 15 is 0 Å². The monoisotopic (exact) mass is 410 g/mol. The first-order valence-electron chi connectivity index (χ1n) is 10.1. The second-order valence-electron chi connectivity index (χ2n) is 7.55. The molecule has 3 rings (SSSR count). The number of rotatable bonds is 7. The van der Waals surface area contributed by atoms with Crippen molar-refractivity contribution in [1.82, 2.24) is 5.32 Å². The Labute approximate surface area is 175 Å². The fourth-order valence-electron chi connectivity index (χ4n) is 3.49. The molecule has 1 fully saturated rings. The summed E-state index contributed by atoms with van der Waals surface area (Å²) < 4.78 is 0. The van der Waals surface area contributed by atoms with Crippen molar-refractivity contribution in [3.8, 4) is 0 Å². The highest BCUT2D eigenvalue weighted by molar-refractivity contribution is 6.01. The Hall–Kier alpha value is -3.42. The van der Waals surface area contributed by atoms with Crippen molar-refractivity contribution in [3.05, 3.63) is 64.2 Å². The number of hydrogen-bond acceptors (Lipinski definition) is 5. The Kier molecular flexibility index (Phi) is 7.00. The molecule has 3 N–H and O–H groups in total. The van der Waals surface area contributed by atoms with Crippen molar-refractivity contribution in [2.75, 3.05) is 10.6 Å². The summed E-state index contributed by atoms with van der Waals surface area (Å²) in [6, 6.07) is 12.6. The van der Waals surface area contributed by atoms with Crippen LogP contribution in [0.25, 0.3) is 0 Å². The van der Waals surface area contributed by atoms with Gasteiger partial charge in [0, 0.05) is 35.1 Å². The number of amides is 2. The standard InChI is InChI=1S/C22H26N4O4/c1-15(23-22(28)16-6-5-9-20(14-16)26(29)30)21(27)25-19-12-10-18(11-13-19)24-17-7-3-2-4-8-17/h5-6,9-15,17,24H,2-4,7-8H2,1H3,(H,23,28)(H,25,27). The Bertz CT molecular complexity index is 908. The van der Waals surface area contributed by atoms with Gasteiger partial charge < -0.3 is 16.0 Å². The second kappa shape index (κ2) is 9.87. The van der Waals surface area contributed by atoms with Crippen LogP contribution in [0.4, 0.5) is 17.1 Å². The van der Waals surface area contributed by atoms with Crippen molar-refractivity contribution >= 4 is 28.9 Å². The van der Waals surface area contributed by atoms with Gasteiger partial charge in [-0.3, -0.25) is 19.7 Å². The summed E-state index contributed by atoms with van der Waals surface area (Å²) in [5.74, 6) is -0.921. The van der Waals surface area contributed by atoms with Gasteiger partial charge in [-0.2, -0.15) is 0 Å². The van der Waals surface area contributed by atoms with Crippen LogP contribution in [0.15, 0.2) is 48.5 Å². The molecule has 0 heterocycles. The molecule has 1 atom stereocenters. The first-order valence-corrected chi connectivity index (χ1v) is 10.1. The average molecular weight is 410 g/mol. The number of carbonyl (C=O) groups excluding carboxylic acids is 2. The largest absolute Gasteiger partial charge is 0.382 e. The third kappa shape index (κ3) is 5.79. The SMILES string of the molecule is CC(NC(=O)c1cccc([N+](=O)[O-])c1)C(=O)Nc1ccc(NC2CCCCC2)cc1. The molecular formula is C22H26N4O4. The minimum atomic E-state index is -0.809. The number of anilines is 2. The number of benzene rings is 2. The molecule has 0 saturated heterocycles. The van der Waals surface area contributed by atoms with E-state index in [0.717, 1.165) is 5.69 Å². The van der Waals surface area contributed by atoms with Crippen molar-refractivity contribution in [3.63, 3.8) is 0 Å². The molecule has 1 saturated carbocycles. The summed E-state index contributed by atoms with van der Waals surface area (Å²) in [6.45, 7) is 1.56. The molecule has 1 aliphatic carbocycles. The average Bonchev–Trinajstić information content (AvgIpc) is 2.75. The van der Waals surface area contributed by atoms with Crippen molar-refractivity contribution in [1.29, 1.82) is 0 Å². The highest BCUT2D eigenvalue weighted by atomic mass is 16.6. The summed E-state index contributed by atoms with van der Waals surface area (Å²) in [6.07, 6.45) is 6.18. The van der Waals surface area contributed by atoms with Crippen LogP contribution in [0.1, 0.15) is 49.4 Å². The van der Waals surface area contributed by atoms with E-state index < -0.39 is 16.9 Å². The van der Waals surface area contributed by atoms with E-state index in [1.807, 2.05) is 24.3 Å². The minimum Gasteiger partial charge on any atom is -0.382 e. The van der Waals surface area contributed by atoms with Crippen LogP contribution in [0.5, 0.6) is 0 Å².